The third kappa shape index (κ3) is 0.729. The van der Waals surface area contributed by atoms with Crippen molar-refractivity contribution < 1.29 is 0 Å². The van der Waals surface area contributed by atoms with Gasteiger partial charge in [0.25, 0.3) is 0 Å². The summed E-state index contributed by atoms with van der Waals surface area (Å²) in [5, 5.41) is 0.498. The fourth-order valence-electron chi connectivity index (χ4n) is 0.677. The predicted octanol–water partition coefficient (Wildman–Crippen LogP) is 0.628. The van der Waals surface area contributed by atoms with Gasteiger partial charge in [0.2, 0.25) is 0 Å². The molecule has 2 heterocycles. The minimum atomic E-state index is -0.0752. The molecule has 0 radical (unpaired) electrons. The van der Waals surface area contributed by atoms with Crippen molar-refractivity contribution in [3.63, 3.8) is 0 Å². The maximum absolute atomic E-state index is 10.7. The summed E-state index contributed by atoms with van der Waals surface area (Å²) in [6.45, 7) is 0. The summed E-state index contributed by atoms with van der Waals surface area (Å²) in [7, 11) is 0. The van der Waals surface area contributed by atoms with Gasteiger partial charge in [0, 0.05) is 0 Å². The molecule has 4 nitrogen and oxygen atoms in total. The maximum Gasteiger partial charge on any atom is 0.307 e. The number of aromatic amines is 1. The molecule has 0 unspecified atom stereocenters. The lowest BCUT2D eigenvalue weighted by Gasteiger charge is -1.71. The zero-order valence-corrected chi connectivity index (χ0v) is 6.38. The Labute approximate surface area is 63.3 Å². The van der Waals surface area contributed by atoms with Gasteiger partial charge in [-0.3, -0.25) is 9.78 Å². The molecule has 0 amide bonds. The fraction of sp³-hybridized carbons (Fsp3) is 0. The predicted molar refractivity (Wildman–Crippen MR) is 42.5 cm³/mol. The number of nitrogen functional groups attached to an aromatic ring is 1. The zero-order valence-electron chi connectivity index (χ0n) is 4.75. The van der Waals surface area contributed by atoms with Gasteiger partial charge in [-0.15, -0.1) is 0 Å². The fourth-order valence-corrected chi connectivity index (χ4v) is 2.36. The van der Waals surface area contributed by atoms with Crippen LogP contribution in [0.25, 0.3) is 9.66 Å². The van der Waals surface area contributed by atoms with E-state index in [1.165, 1.54) is 11.3 Å². The van der Waals surface area contributed by atoms with Crippen LogP contribution in [0.4, 0.5) is 5.13 Å². The Hall–Kier alpha value is -0.880. The highest BCUT2D eigenvalue weighted by Crippen LogP contribution is 2.23. The van der Waals surface area contributed by atoms with Crippen molar-refractivity contribution >= 4 is 37.5 Å². The summed E-state index contributed by atoms with van der Waals surface area (Å²) >= 11 is 2.46. The van der Waals surface area contributed by atoms with E-state index < -0.39 is 0 Å². The molecule has 0 aromatic carbocycles. The van der Waals surface area contributed by atoms with E-state index >= 15 is 0 Å². The molecule has 0 fully saturated rings. The second-order valence-corrected chi connectivity index (χ2v) is 3.97. The molecule has 0 saturated heterocycles. The Morgan fingerprint density at radius 2 is 2.30 bits per heavy atom. The lowest BCUT2D eigenvalue weighted by Crippen LogP contribution is -1.91. The third-order valence-corrected chi connectivity index (χ3v) is 2.86. The number of nitrogens with zero attached hydrogens (tertiary/aromatic N) is 1. The van der Waals surface area contributed by atoms with Crippen molar-refractivity contribution in [2.24, 2.45) is 0 Å². The molecular weight excluding hydrogens is 170 g/mol. The van der Waals surface area contributed by atoms with Crippen LogP contribution in [0, 0.1) is 0 Å². The number of nitrogens with one attached hydrogen (secondary N) is 1. The summed E-state index contributed by atoms with van der Waals surface area (Å²) in [4.78, 5) is 17.0. The number of fused-ring (bicyclic) bond motifs is 1. The van der Waals surface area contributed by atoms with Gasteiger partial charge >= 0.3 is 4.87 Å². The van der Waals surface area contributed by atoms with Gasteiger partial charge in [-0.25, -0.2) is 4.98 Å². The zero-order chi connectivity index (χ0) is 7.14. The second-order valence-electron chi connectivity index (χ2n) is 1.70. The Balaban J connectivity index is 2.95. The van der Waals surface area contributed by atoms with E-state index in [4.69, 9.17) is 5.73 Å². The molecule has 0 spiro atoms. The lowest BCUT2D eigenvalue weighted by atomic mass is 10.9. The number of thiazole rings is 2. The number of hydrogen-bond acceptors (Lipinski definition) is 5. The van der Waals surface area contributed by atoms with Gasteiger partial charge in [0.05, 0.1) is 0 Å². The van der Waals surface area contributed by atoms with Crippen molar-refractivity contribution in [3.8, 4) is 0 Å². The van der Waals surface area contributed by atoms with Gasteiger partial charge < -0.3 is 5.73 Å². The molecular formula is C4H3N3OS2. The highest BCUT2D eigenvalue weighted by Gasteiger charge is 2.03. The molecule has 0 saturated carbocycles. The van der Waals surface area contributed by atoms with Crippen LogP contribution >= 0.6 is 22.7 Å². The number of hydrogen-bond donors (Lipinski definition) is 2. The van der Waals surface area contributed by atoms with Crippen molar-refractivity contribution in [1.82, 2.24) is 9.97 Å². The topological polar surface area (TPSA) is 71.8 Å². The molecule has 2 rings (SSSR count). The molecule has 0 aliphatic heterocycles. The minimum Gasteiger partial charge on any atom is -0.375 e. The van der Waals surface area contributed by atoms with E-state index in [0.717, 1.165) is 15.4 Å². The molecule has 6 heteroatoms. The van der Waals surface area contributed by atoms with Gasteiger partial charge in [0.1, 0.15) is 4.01 Å². The monoisotopic (exact) mass is 173 g/mol. The summed E-state index contributed by atoms with van der Waals surface area (Å²) < 4.78 is 0.863. The maximum atomic E-state index is 10.7. The number of aromatic nitrogens is 2. The Bertz CT molecular complexity index is 377. The van der Waals surface area contributed by atoms with Crippen LogP contribution in [0.1, 0.15) is 0 Å². The van der Waals surface area contributed by atoms with Crippen LogP contribution in [0.3, 0.4) is 0 Å². The number of nitrogens with two attached hydrogens (primary N) is 1. The standard InChI is InChI=1S/C4H3N3OS2/c5-3-6-1-2(9-3)10-4(8)7-1/h(H2,5,6)(H,7,8). The normalized spacial score (nSPS) is 10.8. The molecule has 2 aromatic rings. The van der Waals surface area contributed by atoms with Gasteiger partial charge in [-0.1, -0.05) is 22.7 Å². The number of rotatable bonds is 0. The van der Waals surface area contributed by atoms with Crippen molar-refractivity contribution in [1.29, 1.82) is 0 Å². The molecule has 3 N–H and O–H groups in total. The van der Waals surface area contributed by atoms with E-state index in [0.29, 0.717) is 10.8 Å². The van der Waals surface area contributed by atoms with Crippen LogP contribution in [0.5, 0.6) is 0 Å². The molecule has 0 atom stereocenters. The van der Waals surface area contributed by atoms with Crippen LogP contribution in [0.2, 0.25) is 0 Å². The first kappa shape index (κ1) is 5.87. The highest BCUT2D eigenvalue weighted by molar-refractivity contribution is 7.38. The molecule has 52 valence electrons. The van der Waals surface area contributed by atoms with Crippen molar-refractivity contribution in [2.45, 2.75) is 0 Å². The smallest absolute Gasteiger partial charge is 0.307 e. The van der Waals surface area contributed by atoms with Gasteiger partial charge in [0.15, 0.2) is 10.8 Å². The first-order chi connectivity index (χ1) is 4.75. The third-order valence-electron chi connectivity index (χ3n) is 1.02. The SMILES string of the molecule is Nc1nc2[nH]c(=O)sc2s1. The van der Waals surface area contributed by atoms with E-state index in [1.807, 2.05) is 0 Å². The van der Waals surface area contributed by atoms with E-state index in [9.17, 15) is 4.79 Å². The number of H-pyrrole nitrogens is 1. The van der Waals surface area contributed by atoms with Crippen LogP contribution < -0.4 is 10.6 Å². The molecule has 0 bridgehead atoms. The van der Waals surface area contributed by atoms with Gasteiger partial charge in [-0.05, 0) is 0 Å². The number of anilines is 1. The molecule has 0 aliphatic carbocycles. The molecule has 10 heavy (non-hydrogen) atoms. The summed E-state index contributed by atoms with van der Waals surface area (Å²) in [5.74, 6) is 0. The summed E-state index contributed by atoms with van der Waals surface area (Å²) in [6, 6.07) is 0. The summed E-state index contributed by atoms with van der Waals surface area (Å²) in [5.41, 5.74) is 5.99. The lowest BCUT2D eigenvalue weighted by molar-refractivity contribution is 1.33. The average Bonchev–Trinajstić information content (AvgIpc) is 2.21. The van der Waals surface area contributed by atoms with Gasteiger partial charge in [-0.2, -0.15) is 0 Å². The molecule has 2 aromatic heterocycles. The first-order valence-electron chi connectivity index (χ1n) is 2.51. The first-order valence-corrected chi connectivity index (χ1v) is 4.14. The van der Waals surface area contributed by atoms with E-state index in [-0.39, 0.29) is 4.87 Å². The molecule has 0 aliphatic rings. The Morgan fingerprint density at radius 1 is 1.50 bits per heavy atom. The van der Waals surface area contributed by atoms with Crippen LogP contribution in [-0.2, 0) is 0 Å². The highest BCUT2D eigenvalue weighted by atomic mass is 32.2. The second kappa shape index (κ2) is 1.80. The van der Waals surface area contributed by atoms with Crippen molar-refractivity contribution in [2.75, 3.05) is 5.73 Å². The van der Waals surface area contributed by atoms with E-state index in [1.54, 1.807) is 0 Å². The summed E-state index contributed by atoms with van der Waals surface area (Å²) in [6.07, 6.45) is 0. The van der Waals surface area contributed by atoms with Crippen LogP contribution in [0.15, 0.2) is 4.79 Å². The largest absolute Gasteiger partial charge is 0.375 e. The van der Waals surface area contributed by atoms with E-state index in [2.05, 4.69) is 9.97 Å². The van der Waals surface area contributed by atoms with Crippen LogP contribution in [-0.4, -0.2) is 9.97 Å². The minimum absolute atomic E-state index is 0.0752. The Morgan fingerprint density at radius 3 is 3.00 bits per heavy atom. The van der Waals surface area contributed by atoms with Crippen molar-refractivity contribution in [3.05, 3.63) is 9.67 Å². The Kier molecular flexibility index (Phi) is 1.06. The quantitative estimate of drug-likeness (QED) is 0.613. The average molecular weight is 173 g/mol.